The molecule has 0 fully saturated rings. The molecule has 9 heteroatoms. The fourth-order valence-electron chi connectivity index (χ4n) is 4.09. The molecule has 0 saturated heterocycles. The molecule has 1 aliphatic heterocycles. The predicted octanol–water partition coefficient (Wildman–Crippen LogP) is 4.20. The average molecular weight is 479 g/mol. The Morgan fingerprint density at radius 2 is 1.63 bits per heavy atom. The molecule has 0 aromatic heterocycles. The maximum Gasteiger partial charge on any atom is 0.269 e. The van der Waals surface area contributed by atoms with E-state index in [-0.39, 0.29) is 24.8 Å². The molecule has 1 unspecified atom stereocenters. The number of nitrogens with zero attached hydrogens (tertiary/aromatic N) is 2. The van der Waals surface area contributed by atoms with Gasteiger partial charge in [0.25, 0.3) is 11.6 Å². The first-order valence-electron chi connectivity index (χ1n) is 11.1. The lowest BCUT2D eigenvalue weighted by atomic mass is 9.92. The molecule has 3 aromatic carbocycles. The van der Waals surface area contributed by atoms with E-state index in [0.717, 1.165) is 11.1 Å². The van der Waals surface area contributed by atoms with E-state index in [1.54, 1.807) is 43.4 Å². The number of non-ortho nitro benzene ring substituents is 1. The number of carbonyl (C=O) groups is 1. The molecular formula is C26H26N2O7. The molecule has 0 bridgehead atoms. The Balaban J connectivity index is 1.58. The lowest BCUT2D eigenvalue weighted by Crippen LogP contribution is -2.44. The monoisotopic (exact) mass is 478 g/mol. The summed E-state index contributed by atoms with van der Waals surface area (Å²) in [7, 11) is 3.14. The summed E-state index contributed by atoms with van der Waals surface area (Å²) < 4.78 is 22.6. The van der Waals surface area contributed by atoms with Gasteiger partial charge in [0.1, 0.15) is 18.1 Å². The lowest BCUT2D eigenvalue weighted by molar-refractivity contribution is -0.384. The van der Waals surface area contributed by atoms with Crippen LogP contribution in [-0.2, 0) is 11.2 Å². The van der Waals surface area contributed by atoms with E-state index in [0.29, 0.717) is 36.0 Å². The third-order valence-electron chi connectivity index (χ3n) is 5.88. The van der Waals surface area contributed by atoms with Crippen molar-refractivity contribution in [3.8, 4) is 23.0 Å². The van der Waals surface area contributed by atoms with Gasteiger partial charge in [-0.15, -0.1) is 0 Å². The number of amides is 1. The molecule has 0 saturated carbocycles. The van der Waals surface area contributed by atoms with Crippen molar-refractivity contribution in [2.24, 2.45) is 0 Å². The van der Waals surface area contributed by atoms with Crippen molar-refractivity contribution in [2.45, 2.75) is 12.5 Å². The van der Waals surface area contributed by atoms with Gasteiger partial charge in [0, 0.05) is 18.7 Å². The number of ether oxygens (including phenoxy) is 4. The number of carbonyl (C=O) groups excluding carboxylic acids is 1. The summed E-state index contributed by atoms with van der Waals surface area (Å²) in [5.41, 5.74) is 1.91. The first-order chi connectivity index (χ1) is 17.0. The number of nitro groups is 1. The third kappa shape index (κ3) is 5.46. The van der Waals surface area contributed by atoms with Crippen molar-refractivity contribution in [2.75, 3.05) is 34.0 Å². The van der Waals surface area contributed by atoms with Crippen molar-refractivity contribution in [3.63, 3.8) is 0 Å². The van der Waals surface area contributed by atoms with Gasteiger partial charge in [-0.05, 0) is 53.9 Å². The quantitative estimate of drug-likeness (QED) is 0.336. The number of hydrogen-bond donors (Lipinski definition) is 0. The van der Waals surface area contributed by atoms with Crippen LogP contribution in [0.3, 0.4) is 0 Å². The van der Waals surface area contributed by atoms with Gasteiger partial charge in [-0.25, -0.2) is 0 Å². The second-order valence-corrected chi connectivity index (χ2v) is 7.92. The van der Waals surface area contributed by atoms with Crippen LogP contribution in [-0.4, -0.2) is 49.7 Å². The Labute approximate surface area is 202 Å². The molecule has 3 aromatic rings. The first-order valence-corrected chi connectivity index (χ1v) is 11.1. The van der Waals surface area contributed by atoms with Crippen LogP contribution < -0.4 is 18.9 Å². The summed E-state index contributed by atoms with van der Waals surface area (Å²) in [6.45, 7) is 0.520. The summed E-state index contributed by atoms with van der Waals surface area (Å²) in [6, 6.07) is 18.4. The van der Waals surface area contributed by atoms with Crippen molar-refractivity contribution in [3.05, 3.63) is 88.0 Å². The van der Waals surface area contributed by atoms with Crippen molar-refractivity contribution in [1.82, 2.24) is 4.90 Å². The van der Waals surface area contributed by atoms with Gasteiger partial charge >= 0.3 is 0 Å². The van der Waals surface area contributed by atoms with E-state index in [1.807, 2.05) is 30.3 Å². The summed E-state index contributed by atoms with van der Waals surface area (Å²) in [4.78, 5) is 25.4. The van der Waals surface area contributed by atoms with Crippen molar-refractivity contribution >= 4 is 11.6 Å². The highest BCUT2D eigenvalue weighted by atomic mass is 16.6. The normalized spacial score (nSPS) is 14.6. The standard InChI is InChI=1S/C26H26N2O7/c1-32-24-14-18-12-13-27(26(29)17-35-20-6-4-3-5-7-20)23(22(18)15-25(24)33-2)16-34-21-10-8-19(9-11-21)28(30)31/h3-11,14-15,23H,12-13,16-17H2,1-2H3. The predicted molar refractivity (Wildman–Crippen MR) is 128 cm³/mol. The second-order valence-electron chi connectivity index (χ2n) is 7.92. The van der Waals surface area contributed by atoms with E-state index in [4.69, 9.17) is 18.9 Å². The highest BCUT2D eigenvalue weighted by molar-refractivity contribution is 5.79. The molecular weight excluding hydrogens is 452 g/mol. The Bertz CT molecular complexity index is 1180. The smallest absolute Gasteiger partial charge is 0.269 e. The fraction of sp³-hybridized carbons (Fsp3) is 0.269. The van der Waals surface area contributed by atoms with Gasteiger partial charge in [0.2, 0.25) is 0 Å². The van der Waals surface area contributed by atoms with E-state index >= 15 is 0 Å². The number of hydrogen-bond acceptors (Lipinski definition) is 7. The molecule has 1 amide bonds. The number of methoxy groups -OCH3 is 2. The van der Waals surface area contributed by atoms with Crippen LogP contribution in [0.2, 0.25) is 0 Å². The Morgan fingerprint density at radius 1 is 0.971 bits per heavy atom. The van der Waals surface area contributed by atoms with E-state index in [1.165, 1.54) is 12.1 Å². The van der Waals surface area contributed by atoms with Crippen LogP contribution in [0.5, 0.6) is 23.0 Å². The summed E-state index contributed by atoms with van der Waals surface area (Å²) in [5, 5.41) is 10.9. The zero-order valence-electron chi connectivity index (χ0n) is 19.5. The number of para-hydroxylation sites is 1. The maximum absolute atomic E-state index is 13.2. The second kappa shape index (κ2) is 10.8. The van der Waals surface area contributed by atoms with E-state index in [9.17, 15) is 14.9 Å². The van der Waals surface area contributed by atoms with Crippen LogP contribution >= 0.6 is 0 Å². The van der Waals surface area contributed by atoms with Gasteiger partial charge in [0.05, 0.1) is 25.2 Å². The highest BCUT2D eigenvalue weighted by Crippen LogP contribution is 2.38. The van der Waals surface area contributed by atoms with Gasteiger partial charge < -0.3 is 23.8 Å². The van der Waals surface area contributed by atoms with Gasteiger partial charge in [-0.2, -0.15) is 0 Å². The molecule has 0 radical (unpaired) electrons. The third-order valence-corrected chi connectivity index (χ3v) is 5.88. The van der Waals surface area contributed by atoms with Crippen LogP contribution in [0.4, 0.5) is 5.69 Å². The van der Waals surface area contributed by atoms with Crippen LogP contribution in [0.25, 0.3) is 0 Å². The molecule has 1 atom stereocenters. The molecule has 0 spiro atoms. The Morgan fingerprint density at radius 3 is 2.29 bits per heavy atom. The molecule has 1 aliphatic rings. The summed E-state index contributed by atoms with van der Waals surface area (Å²) in [6.07, 6.45) is 0.640. The molecule has 35 heavy (non-hydrogen) atoms. The van der Waals surface area contributed by atoms with E-state index < -0.39 is 11.0 Å². The van der Waals surface area contributed by atoms with Gasteiger partial charge in [-0.3, -0.25) is 14.9 Å². The van der Waals surface area contributed by atoms with Crippen molar-refractivity contribution < 1.29 is 28.7 Å². The molecule has 9 nitrogen and oxygen atoms in total. The molecule has 182 valence electrons. The molecule has 0 N–H and O–H groups in total. The highest BCUT2D eigenvalue weighted by Gasteiger charge is 2.33. The molecule has 1 heterocycles. The first kappa shape index (κ1) is 23.9. The average Bonchev–Trinajstić information content (AvgIpc) is 2.90. The lowest BCUT2D eigenvalue weighted by Gasteiger charge is -2.37. The SMILES string of the molecule is COc1cc2c(cc1OC)C(COc1ccc([N+](=O)[O-])cc1)N(C(=O)COc1ccccc1)CC2. The number of nitro benzene ring substituents is 1. The minimum absolute atomic E-state index is 0.0212. The minimum Gasteiger partial charge on any atom is -0.493 e. The van der Waals surface area contributed by atoms with Crippen LogP contribution in [0.1, 0.15) is 17.2 Å². The van der Waals surface area contributed by atoms with Gasteiger partial charge in [-0.1, -0.05) is 18.2 Å². The van der Waals surface area contributed by atoms with Crippen LogP contribution in [0.15, 0.2) is 66.7 Å². The van der Waals surface area contributed by atoms with E-state index in [2.05, 4.69) is 0 Å². The summed E-state index contributed by atoms with van der Waals surface area (Å²) >= 11 is 0. The molecule has 4 rings (SSSR count). The maximum atomic E-state index is 13.2. The van der Waals surface area contributed by atoms with Crippen molar-refractivity contribution in [1.29, 1.82) is 0 Å². The largest absolute Gasteiger partial charge is 0.493 e. The zero-order chi connectivity index (χ0) is 24.8. The topological polar surface area (TPSA) is 100 Å². The number of rotatable bonds is 9. The summed E-state index contributed by atoms with van der Waals surface area (Å²) in [5.74, 6) is 2.08. The Hall–Kier alpha value is -4.27. The zero-order valence-corrected chi connectivity index (χ0v) is 19.5. The van der Waals surface area contributed by atoms with Crippen LogP contribution in [0, 0.1) is 10.1 Å². The van der Waals surface area contributed by atoms with Gasteiger partial charge in [0.15, 0.2) is 18.1 Å². The fourth-order valence-corrected chi connectivity index (χ4v) is 4.09. The minimum atomic E-state index is -0.464. The molecule has 0 aliphatic carbocycles. The number of benzene rings is 3. The Kier molecular flexibility index (Phi) is 7.35. The number of fused-ring (bicyclic) bond motifs is 1.